The van der Waals surface area contributed by atoms with E-state index in [2.05, 4.69) is 10.6 Å². The van der Waals surface area contributed by atoms with Crippen LogP contribution in [0.15, 0.2) is 53.4 Å². The minimum absolute atomic E-state index is 0.00891. The number of hydrogen-bond acceptors (Lipinski definition) is 5. The van der Waals surface area contributed by atoms with Crippen LogP contribution in [0.3, 0.4) is 0 Å². The lowest BCUT2D eigenvalue weighted by Gasteiger charge is -2.13. The minimum Gasteiger partial charge on any atom is -0.352 e. The largest absolute Gasteiger partial charge is 0.352 e. The van der Waals surface area contributed by atoms with Crippen LogP contribution < -0.4 is 10.6 Å². The third kappa shape index (κ3) is 6.10. The molecule has 0 aliphatic carbocycles. The maximum absolute atomic E-state index is 12.4. The molecule has 27 heavy (non-hydrogen) atoms. The fraction of sp³-hybridized carbons (Fsp3) is 0.263. The van der Waals surface area contributed by atoms with Crippen molar-refractivity contribution in [3.8, 4) is 0 Å². The van der Waals surface area contributed by atoms with Crippen molar-refractivity contribution in [2.24, 2.45) is 0 Å². The lowest BCUT2D eigenvalue weighted by molar-refractivity contribution is -0.384. The Bertz CT molecular complexity index is 824. The third-order valence-electron chi connectivity index (χ3n) is 3.66. The molecule has 1 atom stereocenters. The van der Waals surface area contributed by atoms with E-state index >= 15 is 0 Å². The Kier molecular flexibility index (Phi) is 7.36. The molecule has 0 heterocycles. The molecule has 0 aromatic heterocycles. The Hall–Kier alpha value is -2.87. The standard InChI is InChI=1S/C19H21N3O4S/c1-3-11-20-19(24)14-5-4-6-15(12-14)21-18(23)13(2)27-17-9-7-16(8-10-17)22(25)26/h4-10,12-13H,3,11H2,1-2H3,(H,20,24)(H,21,23). The molecule has 2 aromatic carbocycles. The zero-order valence-electron chi connectivity index (χ0n) is 15.1. The highest BCUT2D eigenvalue weighted by Crippen LogP contribution is 2.26. The first-order chi connectivity index (χ1) is 12.9. The number of nitrogens with zero attached hydrogens (tertiary/aromatic N) is 1. The summed E-state index contributed by atoms with van der Waals surface area (Å²) in [7, 11) is 0. The van der Waals surface area contributed by atoms with Crippen LogP contribution in [0.5, 0.6) is 0 Å². The van der Waals surface area contributed by atoms with Crippen molar-refractivity contribution >= 4 is 35.0 Å². The van der Waals surface area contributed by atoms with Crippen LogP contribution in [0, 0.1) is 10.1 Å². The summed E-state index contributed by atoms with van der Waals surface area (Å²) in [5.74, 6) is -0.397. The van der Waals surface area contributed by atoms with Gasteiger partial charge in [0.15, 0.2) is 0 Å². The van der Waals surface area contributed by atoms with Crippen molar-refractivity contribution in [2.45, 2.75) is 30.4 Å². The average Bonchev–Trinajstić information content (AvgIpc) is 2.66. The van der Waals surface area contributed by atoms with Gasteiger partial charge in [-0.1, -0.05) is 13.0 Å². The molecule has 1 unspecified atom stereocenters. The van der Waals surface area contributed by atoms with E-state index in [1.54, 1.807) is 43.3 Å². The molecule has 7 nitrogen and oxygen atoms in total. The molecule has 0 saturated heterocycles. The number of nitro groups is 1. The van der Waals surface area contributed by atoms with Gasteiger partial charge < -0.3 is 10.6 Å². The predicted molar refractivity (Wildman–Crippen MR) is 106 cm³/mol. The van der Waals surface area contributed by atoms with Crippen LogP contribution in [0.1, 0.15) is 30.6 Å². The molecule has 0 saturated carbocycles. The number of thioether (sulfide) groups is 1. The number of carbonyl (C=O) groups is 2. The Morgan fingerprint density at radius 2 is 1.89 bits per heavy atom. The number of rotatable bonds is 8. The Balaban J connectivity index is 1.97. The van der Waals surface area contributed by atoms with E-state index in [4.69, 9.17) is 0 Å². The second kappa shape index (κ2) is 9.72. The first-order valence-electron chi connectivity index (χ1n) is 8.51. The zero-order chi connectivity index (χ0) is 19.8. The van der Waals surface area contributed by atoms with Crippen LogP contribution in [0.25, 0.3) is 0 Å². The lowest BCUT2D eigenvalue weighted by Crippen LogP contribution is -2.25. The van der Waals surface area contributed by atoms with Crippen molar-refractivity contribution < 1.29 is 14.5 Å². The van der Waals surface area contributed by atoms with Gasteiger partial charge in [0.2, 0.25) is 5.91 Å². The highest BCUT2D eigenvalue weighted by Gasteiger charge is 2.16. The molecule has 0 aliphatic heterocycles. The molecule has 8 heteroatoms. The highest BCUT2D eigenvalue weighted by atomic mass is 32.2. The van der Waals surface area contributed by atoms with Crippen LogP contribution >= 0.6 is 11.8 Å². The molecule has 0 radical (unpaired) electrons. The fourth-order valence-electron chi connectivity index (χ4n) is 2.23. The minimum atomic E-state index is -0.464. The Labute approximate surface area is 161 Å². The SMILES string of the molecule is CCCNC(=O)c1cccc(NC(=O)C(C)Sc2ccc([N+](=O)[O-])cc2)c1. The number of non-ortho nitro benzene ring substituents is 1. The van der Waals surface area contributed by atoms with Gasteiger partial charge in [-0.2, -0.15) is 0 Å². The topological polar surface area (TPSA) is 101 Å². The lowest BCUT2D eigenvalue weighted by atomic mass is 10.2. The van der Waals surface area contributed by atoms with Gasteiger partial charge in [-0.05, 0) is 43.7 Å². The number of benzene rings is 2. The van der Waals surface area contributed by atoms with E-state index in [9.17, 15) is 19.7 Å². The van der Waals surface area contributed by atoms with Crippen molar-refractivity contribution in [3.63, 3.8) is 0 Å². The van der Waals surface area contributed by atoms with Gasteiger partial charge >= 0.3 is 0 Å². The van der Waals surface area contributed by atoms with E-state index in [0.717, 1.165) is 11.3 Å². The van der Waals surface area contributed by atoms with E-state index in [1.165, 1.54) is 23.9 Å². The maximum atomic E-state index is 12.4. The number of nitrogens with one attached hydrogen (secondary N) is 2. The number of anilines is 1. The molecular weight excluding hydrogens is 366 g/mol. The summed E-state index contributed by atoms with van der Waals surface area (Å²) in [4.78, 5) is 35.4. The Morgan fingerprint density at radius 1 is 1.19 bits per heavy atom. The molecule has 0 bridgehead atoms. The zero-order valence-corrected chi connectivity index (χ0v) is 15.9. The fourth-order valence-corrected chi connectivity index (χ4v) is 3.09. The van der Waals surface area contributed by atoms with Crippen molar-refractivity contribution in [3.05, 3.63) is 64.2 Å². The van der Waals surface area contributed by atoms with Gasteiger partial charge in [-0.15, -0.1) is 11.8 Å². The first kappa shape index (κ1) is 20.4. The second-order valence-electron chi connectivity index (χ2n) is 5.84. The molecule has 2 N–H and O–H groups in total. The van der Waals surface area contributed by atoms with Crippen LogP contribution in [0.2, 0.25) is 0 Å². The summed E-state index contributed by atoms with van der Waals surface area (Å²) >= 11 is 1.30. The maximum Gasteiger partial charge on any atom is 0.269 e. The second-order valence-corrected chi connectivity index (χ2v) is 7.25. The van der Waals surface area contributed by atoms with Gasteiger partial charge in [-0.25, -0.2) is 0 Å². The molecule has 2 aromatic rings. The van der Waals surface area contributed by atoms with Crippen LogP contribution in [-0.4, -0.2) is 28.5 Å². The average molecular weight is 387 g/mol. The summed E-state index contributed by atoms with van der Waals surface area (Å²) in [6.07, 6.45) is 0.847. The predicted octanol–water partition coefficient (Wildman–Crippen LogP) is 3.85. The van der Waals surface area contributed by atoms with E-state index in [1.807, 2.05) is 6.92 Å². The van der Waals surface area contributed by atoms with Crippen LogP contribution in [0.4, 0.5) is 11.4 Å². The summed E-state index contributed by atoms with van der Waals surface area (Å²) in [6, 6.07) is 12.8. The molecule has 2 rings (SSSR count). The third-order valence-corrected chi connectivity index (χ3v) is 4.77. The number of hydrogen-bond donors (Lipinski definition) is 2. The molecule has 2 amide bonds. The van der Waals surface area contributed by atoms with E-state index in [0.29, 0.717) is 17.8 Å². The summed E-state index contributed by atoms with van der Waals surface area (Å²) in [6.45, 7) is 4.32. The van der Waals surface area contributed by atoms with Gasteiger partial charge in [-0.3, -0.25) is 19.7 Å². The first-order valence-corrected chi connectivity index (χ1v) is 9.39. The van der Waals surface area contributed by atoms with E-state index < -0.39 is 10.2 Å². The molecule has 0 aliphatic rings. The van der Waals surface area contributed by atoms with Gasteiger partial charge in [0.1, 0.15) is 0 Å². The molecule has 0 spiro atoms. The Morgan fingerprint density at radius 3 is 2.52 bits per heavy atom. The number of carbonyl (C=O) groups excluding carboxylic acids is 2. The van der Waals surface area contributed by atoms with E-state index in [-0.39, 0.29) is 17.5 Å². The van der Waals surface area contributed by atoms with Gasteiger partial charge in [0, 0.05) is 34.8 Å². The van der Waals surface area contributed by atoms with Gasteiger partial charge in [0.05, 0.1) is 10.2 Å². The number of amides is 2. The summed E-state index contributed by atoms with van der Waals surface area (Å²) < 4.78 is 0. The molecular formula is C19H21N3O4S. The van der Waals surface area contributed by atoms with Crippen molar-refractivity contribution in [2.75, 3.05) is 11.9 Å². The van der Waals surface area contributed by atoms with Crippen molar-refractivity contribution in [1.82, 2.24) is 5.32 Å². The quantitative estimate of drug-likeness (QED) is 0.407. The summed E-state index contributed by atoms with van der Waals surface area (Å²) in [5.41, 5.74) is 1.03. The molecule has 142 valence electrons. The van der Waals surface area contributed by atoms with Gasteiger partial charge in [0.25, 0.3) is 11.6 Å². The highest BCUT2D eigenvalue weighted by molar-refractivity contribution is 8.00. The van der Waals surface area contributed by atoms with Crippen LogP contribution in [-0.2, 0) is 4.79 Å². The number of nitro benzene ring substituents is 1. The normalized spacial score (nSPS) is 11.5. The summed E-state index contributed by atoms with van der Waals surface area (Å²) in [5, 5.41) is 15.9. The smallest absolute Gasteiger partial charge is 0.269 e. The monoisotopic (exact) mass is 387 g/mol. The molecule has 0 fully saturated rings. The van der Waals surface area contributed by atoms with Crippen molar-refractivity contribution in [1.29, 1.82) is 0 Å².